The summed E-state index contributed by atoms with van der Waals surface area (Å²) in [6, 6.07) is 7.07. The molecule has 0 amide bonds. The van der Waals surface area contributed by atoms with Gasteiger partial charge in [0, 0.05) is 67.1 Å². The summed E-state index contributed by atoms with van der Waals surface area (Å²) in [5.74, 6) is -3.18. The summed E-state index contributed by atoms with van der Waals surface area (Å²) < 4.78 is 78.2. The Bertz CT molecular complexity index is 2050. The molecule has 0 radical (unpaired) electrons. The van der Waals surface area contributed by atoms with E-state index in [-0.39, 0.29) is 57.7 Å². The number of aromatic nitrogens is 3. The predicted molar refractivity (Wildman–Crippen MR) is 167 cm³/mol. The van der Waals surface area contributed by atoms with Crippen LogP contribution in [0.2, 0.25) is 0 Å². The summed E-state index contributed by atoms with van der Waals surface area (Å²) in [5, 5.41) is 13.2. The van der Waals surface area contributed by atoms with Crippen molar-refractivity contribution >= 4 is 33.2 Å². The Hall–Kier alpha value is -5.22. The van der Waals surface area contributed by atoms with Crippen LogP contribution in [0.15, 0.2) is 42.6 Å². The van der Waals surface area contributed by atoms with Gasteiger partial charge in [0.1, 0.15) is 22.8 Å². The number of hydrazine groups is 1. The highest BCUT2D eigenvalue weighted by Gasteiger charge is 2.30. The van der Waals surface area contributed by atoms with Crippen LogP contribution < -0.4 is 20.1 Å². The zero-order valence-electron chi connectivity index (χ0n) is 24.8. The van der Waals surface area contributed by atoms with Crippen LogP contribution in [0.25, 0.3) is 32.9 Å². The molecule has 0 spiro atoms. The number of anilines is 2. The monoisotopic (exact) mass is 646 g/mol. The van der Waals surface area contributed by atoms with Gasteiger partial charge in [-0.15, -0.1) is 6.42 Å². The minimum atomic E-state index is -1.52. The van der Waals surface area contributed by atoms with Crippen LogP contribution in [0.3, 0.4) is 0 Å². The number of nitrogens with one attached hydrogen (secondary N) is 1. The molecule has 2 fully saturated rings. The number of phenols is 1. The van der Waals surface area contributed by atoms with Crippen LogP contribution >= 0.6 is 0 Å². The second-order valence-corrected chi connectivity index (χ2v) is 11.6. The molecule has 0 aliphatic carbocycles. The van der Waals surface area contributed by atoms with Crippen LogP contribution in [-0.4, -0.2) is 52.8 Å². The molecule has 240 valence electrons. The molecule has 7 rings (SSSR count). The number of halogens is 5. The fourth-order valence-corrected chi connectivity index (χ4v) is 6.08. The normalized spacial score (nSPS) is 15.5. The first-order chi connectivity index (χ1) is 22.7. The van der Waals surface area contributed by atoms with Gasteiger partial charge in [-0.25, -0.2) is 27.4 Å². The van der Waals surface area contributed by atoms with E-state index in [1.54, 1.807) is 4.90 Å². The average molecular weight is 647 g/mol. The summed E-state index contributed by atoms with van der Waals surface area (Å²) in [5.41, 5.74) is 3.20. The van der Waals surface area contributed by atoms with Crippen molar-refractivity contribution in [1.82, 2.24) is 20.4 Å². The lowest BCUT2D eigenvalue weighted by molar-refractivity contribution is 0.207. The van der Waals surface area contributed by atoms with E-state index in [0.717, 1.165) is 31.4 Å². The van der Waals surface area contributed by atoms with E-state index in [4.69, 9.17) is 11.2 Å². The lowest BCUT2D eigenvalue weighted by atomic mass is 9.96. The number of terminal acetylenes is 1. The van der Waals surface area contributed by atoms with Gasteiger partial charge in [-0.1, -0.05) is 18.4 Å². The molecule has 3 aromatic carbocycles. The molecule has 2 N–H and O–H groups in total. The molecular weight excluding hydrogens is 619 g/mol. The number of nitrogens with zero attached hydrogens (tertiary/aromatic N) is 5. The van der Waals surface area contributed by atoms with E-state index in [0.29, 0.717) is 42.8 Å². The van der Waals surface area contributed by atoms with Crippen molar-refractivity contribution in [2.45, 2.75) is 19.3 Å². The molecule has 2 saturated heterocycles. The summed E-state index contributed by atoms with van der Waals surface area (Å²) >= 11 is 0. The van der Waals surface area contributed by atoms with E-state index in [1.807, 2.05) is 5.01 Å². The molecule has 13 heteroatoms. The molecule has 0 saturated carbocycles. The molecule has 5 aromatic rings. The molecule has 2 aliphatic heterocycles. The lowest BCUT2D eigenvalue weighted by Gasteiger charge is -2.40. The quantitative estimate of drug-likeness (QED) is 0.128. The van der Waals surface area contributed by atoms with Gasteiger partial charge >= 0.3 is 6.01 Å². The van der Waals surface area contributed by atoms with Crippen LogP contribution in [0.1, 0.15) is 24.8 Å². The van der Waals surface area contributed by atoms with Crippen molar-refractivity contribution in [2.75, 3.05) is 42.7 Å². The fraction of sp³-hybridized carbons (Fsp3) is 0.265. The Balaban J connectivity index is 1.25. The molecule has 8 nitrogen and oxygen atoms in total. The Labute approximate surface area is 265 Å². The second kappa shape index (κ2) is 12.2. The van der Waals surface area contributed by atoms with Crippen molar-refractivity contribution in [3.05, 3.63) is 77.2 Å². The van der Waals surface area contributed by atoms with Crippen molar-refractivity contribution in [3.63, 3.8) is 0 Å². The first-order valence-electron chi connectivity index (χ1n) is 15.0. The summed E-state index contributed by atoms with van der Waals surface area (Å²) in [4.78, 5) is 15.1. The molecular formula is C34H27F5N6O2. The van der Waals surface area contributed by atoms with Gasteiger partial charge in [-0.05, 0) is 36.4 Å². The van der Waals surface area contributed by atoms with Crippen molar-refractivity contribution in [1.29, 1.82) is 0 Å². The maximum Gasteiger partial charge on any atom is 0.319 e. The number of fused-ring (bicyclic) bond motifs is 2. The van der Waals surface area contributed by atoms with Crippen molar-refractivity contribution in [2.24, 2.45) is 5.92 Å². The number of ether oxygens (including phenoxy) is 1. The van der Waals surface area contributed by atoms with Gasteiger partial charge in [0.2, 0.25) is 0 Å². The maximum atomic E-state index is 16.6. The van der Waals surface area contributed by atoms with E-state index >= 15 is 4.39 Å². The highest BCUT2D eigenvalue weighted by Crippen LogP contribution is 2.39. The zero-order valence-corrected chi connectivity index (χ0v) is 24.8. The maximum absolute atomic E-state index is 16.6. The highest BCUT2D eigenvalue weighted by molar-refractivity contribution is 6.03. The minimum Gasteiger partial charge on any atom is -0.508 e. The van der Waals surface area contributed by atoms with E-state index in [9.17, 15) is 22.7 Å². The van der Waals surface area contributed by atoms with Crippen LogP contribution in [-0.2, 0) is 0 Å². The predicted octanol–water partition coefficient (Wildman–Crippen LogP) is 6.24. The molecule has 47 heavy (non-hydrogen) atoms. The first-order valence-corrected chi connectivity index (χ1v) is 15.0. The van der Waals surface area contributed by atoms with E-state index in [2.05, 4.69) is 26.3 Å². The largest absolute Gasteiger partial charge is 0.508 e. The minimum absolute atomic E-state index is 0.0844. The van der Waals surface area contributed by atoms with Gasteiger partial charge < -0.3 is 14.7 Å². The third kappa shape index (κ3) is 5.59. The van der Waals surface area contributed by atoms with E-state index < -0.39 is 29.1 Å². The van der Waals surface area contributed by atoms with Crippen molar-refractivity contribution in [3.8, 4) is 35.4 Å². The number of hydrogen-bond acceptors (Lipinski definition) is 8. The number of hydrogen-bond donors (Lipinski definition) is 2. The van der Waals surface area contributed by atoms with Crippen molar-refractivity contribution < 1.29 is 31.8 Å². The SMILES string of the molecule is C#Cc1c(F)ccc2cc(O)cc(-c3ncc4c(N5CCCCCN5)nc(OCC5CN(c6cc(F)c(F)c(F)c6)C5)nc4c3F)c12. The van der Waals surface area contributed by atoms with Gasteiger partial charge in [-0.3, -0.25) is 9.99 Å². The number of phenolic OH excluding ortho intramolecular Hbond substituents is 1. The Kier molecular flexibility index (Phi) is 7.89. The lowest BCUT2D eigenvalue weighted by Crippen LogP contribution is -2.49. The van der Waals surface area contributed by atoms with Gasteiger partial charge in [0.25, 0.3) is 0 Å². The highest BCUT2D eigenvalue weighted by atomic mass is 19.2. The third-order valence-corrected chi connectivity index (χ3v) is 8.45. The van der Waals surface area contributed by atoms with Gasteiger partial charge in [-0.2, -0.15) is 9.97 Å². The second-order valence-electron chi connectivity index (χ2n) is 11.6. The zero-order chi connectivity index (χ0) is 32.8. The third-order valence-electron chi connectivity index (χ3n) is 8.45. The first kappa shape index (κ1) is 30.4. The topological polar surface area (TPSA) is 86.6 Å². The van der Waals surface area contributed by atoms with Gasteiger partial charge in [0.05, 0.1) is 17.6 Å². The summed E-state index contributed by atoms with van der Waals surface area (Å²) in [6.07, 6.45) is 9.85. The number of rotatable bonds is 6. The number of benzene rings is 3. The average Bonchev–Trinajstić information content (AvgIpc) is 3.32. The standard InChI is InChI=1S/C34H27F5N6O2/c1-2-22-25(35)7-6-19-10-21(46)13-23(28(19)22)31-30(39)32-24(14-40-31)33(45-9-5-3-4-8-41-45)43-34(42-32)47-17-18-15-44(16-18)20-11-26(36)29(38)27(37)12-20/h1,6-7,10-14,18,41,46H,3-5,8-9,15-17H2. The fourth-order valence-electron chi connectivity index (χ4n) is 6.08. The Morgan fingerprint density at radius 3 is 2.51 bits per heavy atom. The Morgan fingerprint density at radius 2 is 1.74 bits per heavy atom. The molecule has 0 atom stereocenters. The molecule has 0 unspecified atom stereocenters. The van der Waals surface area contributed by atoms with E-state index in [1.165, 1.54) is 30.5 Å². The summed E-state index contributed by atoms with van der Waals surface area (Å²) in [6.45, 7) is 2.12. The molecule has 0 bridgehead atoms. The van der Waals surface area contributed by atoms with Crippen LogP contribution in [0, 0.1) is 47.3 Å². The van der Waals surface area contributed by atoms with Gasteiger partial charge in [0.15, 0.2) is 29.1 Å². The van der Waals surface area contributed by atoms with Crippen LogP contribution in [0.4, 0.5) is 33.5 Å². The summed E-state index contributed by atoms with van der Waals surface area (Å²) in [7, 11) is 0. The molecule has 4 heterocycles. The number of aromatic hydroxyl groups is 1. The smallest absolute Gasteiger partial charge is 0.319 e. The molecule has 2 aromatic heterocycles. The molecule has 2 aliphatic rings. The Morgan fingerprint density at radius 1 is 0.957 bits per heavy atom. The number of pyridine rings is 1. The van der Waals surface area contributed by atoms with Crippen LogP contribution in [0.5, 0.6) is 11.8 Å².